The molecule has 8 heteroatoms. The van der Waals surface area contributed by atoms with Gasteiger partial charge in [0.05, 0.1) is 5.75 Å². The summed E-state index contributed by atoms with van der Waals surface area (Å²) in [6.45, 7) is 1.55. The van der Waals surface area contributed by atoms with E-state index < -0.39 is 15.7 Å². The highest BCUT2D eigenvalue weighted by molar-refractivity contribution is 7.91. The van der Waals surface area contributed by atoms with Gasteiger partial charge in [-0.15, -0.1) is 0 Å². The molecule has 0 N–H and O–H groups in total. The van der Waals surface area contributed by atoms with Gasteiger partial charge in [0.1, 0.15) is 17.2 Å². The summed E-state index contributed by atoms with van der Waals surface area (Å²) in [5.41, 5.74) is 1.14. The van der Waals surface area contributed by atoms with Crippen molar-refractivity contribution in [1.82, 2.24) is 14.5 Å². The second kappa shape index (κ2) is 5.41. The van der Waals surface area contributed by atoms with Gasteiger partial charge in [-0.25, -0.2) is 17.8 Å². The van der Waals surface area contributed by atoms with E-state index in [9.17, 15) is 17.6 Å². The molecule has 0 saturated carbocycles. The number of sulfone groups is 1. The Balaban J connectivity index is 1.89. The average molecular weight is 349 g/mol. The summed E-state index contributed by atoms with van der Waals surface area (Å²) in [6.07, 6.45) is 1.88. The van der Waals surface area contributed by atoms with Crippen LogP contribution in [0.1, 0.15) is 23.3 Å². The monoisotopic (exact) mass is 349 g/mol. The van der Waals surface area contributed by atoms with Crippen LogP contribution in [-0.4, -0.2) is 47.6 Å². The van der Waals surface area contributed by atoms with Crippen LogP contribution in [0.15, 0.2) is 29.4 Å². The number of amides is 1. The van der Waals surface area contributed by atoms with Gasteiger partial charge in [-0.2, -0.15) is 0 Å². The number of hydrogen-bond acceptors (Lipinski definition) is 4. The Morgan fingerprint density at radius 2 is 1.75 bits per heavy atom. The minimum Gasteiger partial charge on any atom is -0.337 e. The SMILES string of the molecule is O=C(c1c(-c2ccc(F)cc2)nc2n1CCS2(=O)=O)N1CCCC1. The third-order valence-electron chi connectivity index (χ3n) is 4.51. The molecule has 24 heavy (non-hydrogen) atoms. The van der Waals surface area contributed by atoms with Crippen molar-refractivity contribution < 1.29 is 17.6 Å². The van der Waals surface area contributed by atoms with E-state index in [1.807, 2.05) is 0 Å². The van der Waals surface area contributed by atoms with Crippen molar-refractivity contribution in [2.24, 2.45) is 0 Å². The Labute approximate surface area is 138 Å². The number of fused-ring (bicyclic) bond motifs is 1. The third kappa shape index (κ3) is 2.32. The lowest BCUT2D eigenvalue weighted by Crippen LogP contribution is -2.30. The lowest BCUT2D eigenvalue weighted by molar-refractivity contribution is 0.0782. The predicted octanol–water partition coefficient (Wildman–Crippen LogP) is 1.71. The Hall–Kier alpha value is -2.22. The molecule has 0 spiro atoms. The molecule has 1 fully saturated rings. The first-order valence-corrected chi connectivity index (χ1v) is 9.51. The molecule has 2 aromatic rings. The number of carbonyl (C=O) groups excluding carboxylic acids is 1. The van der Waals surface area contributed by atoms with E-state index in [1.54, 1.807) is 4.90 Å². The highest BCUT2D eigenvalue weighted by atomic mass is 32.2. The first-order chi connectivity index (χ1) is 11.5. The second-order valence-corrected chi connectivity index (χ2v) is 8.07. The van der Waals surface area contributed by atoms with E-state index in [-0.39, 0.29) is 23.4 Å². The van der Waals surface area contributed by atoms with Gasteiger partial charge >= 0.3 is 0 Å². The quantitative estimate of drug-likeness (QED) is 0.827. The minimum atomic E-state index is -3.47. The van der Waals surface area contributed by atoms with Gasteiger partial charge in [-0.3, -0.25) is 4.79 Å². The van der Waals surface area contributed by atoms with Crippen molar-refractivity contribution >= 4 is 15.7 Å². The van der Waals surface area contributed by atoms with Gasteiger partial charge in [0.2, 0.25) is 15.0 Å². The largest absolute Gasteiger partial charge is 0.337 e. The van der Waals surface area contributed by atoms with Crippen LogP contribution >= 0.6 is 0 Å². The lowest BCUT2D eigenvalue weighted by atomic mass is 10.1. The summed E-state index contributed by atoms with van der Waals surface area (Å²) < 4.78 is 39.0. The number of benzene rings is 1. The summed E-state index contributed by atoms with van der Waals surface area (Å²) in [4.78, 5) is 18.9. The van der Waals surface area contributed by atoms with Crippen molar-refractivity contribution in [1.29, 1.82) is 0 Å². The fraction of sp³-hybridized carbons (Fsp3) is 0.375. The number of halogens is 1. The number of hydrogen-bond donors (Lipinski definition) is 0. The lowest BCUT2D eigenvalue weighted by Gasteiger charge is -2.16. The highest BCUT2D eigenvalue weighted by Gasteiger charge is 2.37. The van der Waals surface area contributed by atoms with Gasteiger partial charge in [0, 0.05) is 25.2 Å². The van der Waals surface area contributed by atoms with Gasteiger partial charge in [0.25, 0.3) is 5.91 Å². The summed E-state index contributed by atoms with van der Waals surface area (Å²) in [5.74, 6) is -0.646. The normalized spacial score (nSPS) is 18.8. The zero-order chi connectivity index (χ0) is 16.9. The Morgan fingerprint density at radius 3 is 2.42 bits per heavy atom. The van der Waals surface area contributed by atoms with Gasteiger partial charge in [-0.05, 0) is 37.1 Å². The fourth-order valence-electron chi connectivity index (χ4n) is 3.28. The first-order valence-electron chi connectivity index (χ1n) is 7.86. The molecule has 0 unspecified atom stereocenters. The van der Waals surface area contributed by atoms with Crippen molar-refractivity contribution in [3.63, 3.8) is 0 Å². The van der Waals surface area contributed by atoms with Gasteiger partial charge < -0.3 is 9.47 Å². The maximum atomic E-state index is 13.2. The molecule has 0 radical (unpaired) electrons. The molecular weight excluding hydrogens is 333 g/mol. The number of likely N-dealkylation sites (tertiary alicyclic amines) is 1. The molecule has 1 aromatic carbocycles. The second-order valence-electron chi connectivity index (χ2n) is 6.07. The maximum Gasteiger partial charge on any atom is 0.272 e. The van der Waals surface area contributed by atoms with Crippen LogP contribution in [0, 0.1) is 5.82 Å². The minimum absolute atomic E-state index is 0.0424. The molecule has 0 aliphatic carbocycles. The van der Waals surface area contributed by atoms with Crippen LogP contribution in [0.2, 0.25) is 0 Å². The van der Waals surface area contributed by atoms with E-state index >= 15 is 0 Å². The molecule has 2 aliphatic rings. The van der Waals surface area contributed by atoms with E-state index in [0.717, 1.165) is 12.8 Å². The first kappa shape index (κ1) is 15.3. The molecule has 1 amide bonds. The molecule has 126 valence electrons. The molecule has 0 atom stereocenters. The van der Waals surface area contributed by atoms with Crippen molar-refractivity contribution in [3.8, 4) is 11.3 Å². The Kier molecular flexibility index (Phi) is 3.45. The molecule has 2 aliphatic heterocycles. The molecule has 0 bridgehead atoms. The predicted molar refractivity (Wildman–Crippen MR) is 84.8 cm³/mol. The number of nitrogens with zero attached hydrogens (tertiary/aromatic N) is 3. The fourth-order valence-corrected chi connectivity index (χ4v) is 4.63. The Morgan fingerprint density at radius 1 is 1.08 bits per heavy atom. The van der Waals surface area contributed by atoms with Crippen LogP contribution < -0.4 is 0 Å². The zero-order valence-electron chi connectivity index (χ0n) is 12.9. The molecule has 1 aromatic heterocycles. The number of aromatic nitrogens is 2. The van der Waals surface area contributed by atoms with Crippen molar-refractivity contribution in [2.75, 3.05) is 18.8 Å². The molecule has 1 saturated heterocycles. The summed E-state index contributed by atoms with van der Waals surface area (Å²) >= 11 is 0. The number of rotatable bonds is 2. The van der Waals surface area contributed by atoms with Gasteiger partial charge in [0.15, 0.2) is 0 Å². The van der Waals surface area contributed by atoms with Crippen molar-refractivity contribution in [2.45, 2.75) is 24.5 Å². The highest BCUT2D eigenvalue weighted by Crippen LogP contribution is 2.31. The van der Waals surface area contributed by atoms with E-state index in [4.69, 9.17) is 0 Å². The topological polar surface area (TPSA) is 72.3 Å². The van der Waals surface area contributed by atoms with Crippen LogP contribution in [-0.2, 0) is 16.4 Å². The summed E-state index contributed by atoms with van der Waals surface area (Å²) in [5, 5.41) is -0.0654. The molecule has 3 heterocycles. The van der Waals surface area contributed by atoms with Crippen LogP contribution in [0.25, 0.3) is 11.3 Å². The van der Waals surface area contributed by atoms with Crippen LogP contribution in [0.3, 0.4) is 0 Å². The molecule has 6 nitrogen and oxygen atoms in total. The Bertz CT molecular complexity index is 913. The van der Waals surface area contributed by atoms with E-state index in [1.165, 1.54) is 28.8 Å². The van der Waals surface area contributed by atoms with Crippen LogP contribution in [0.5, 0.6) is 0 Å². The van der Waals surface area contributed by atoms with E-state index in [0.29, 0.717) is 30.0 Å². The third-order valence-corrected chi connectivity index (χ3v) is 6.10. The standard InChI is InChI=1S/C16H16FN3O3S/c17-12-5-3-11(4-6-12)13-14(15(21)19-7-1-2-8-19)20-9-10-24(22,23)16(20)18-13/h3-6H,1-2,7-10H2. The smallest absolute Gasteiger partial charge is 0.272 e. The average Bonchev–Trinajstić information content (AvgIpc) is 3.25. The number of carbonyl (C=O) groups is 1. The number of imidazole rings is 1. The maximum absolute atomic E-state index is 13.2. The molecular formula is C16H16FN3O3S. The molecule has 4 rings (SSSR count). The summed E-state index contributed by atoms with van der Waals surface area (Å²) in [7, 11) is -3.47. The van der Waals surface area contributed by atoms with E-state index in [2.05, 4.69) is 4.98 Å². The van der Waals surface area contributed by atoms with Gasteiger partial charge in [-0.1, -0.05) is 0 Å². The summed E-state index contributed by atoms with van der Waals surface area (Å²) in [6, 6.07) is 5.58. The zero-order valence-corrected chi connectivity index (χ0v) is 13.7. The van der Waals surface area contributed by atoms with Crippen molar-refractivity contribution in [3.05, 3.63) is 35.8 Å². The van der Waals surface area contributed by atoms with Crippen LogP contribution in [0.4, 0.5) is 4.39 Å².